The van der Waals surface area contributed by atoms with Crippen LogP contribution in [0.15, 0.2) is 16.8 Å². The van der Waals surface area contributed by atoms with Crippen LogP contribution in [0, 0.1) is 0 Å². The van der Waals surface area contributed by atoms with Crippen molar-refractivity contribution in [3.63, 3.8) is 0 Å². The van der Waals surface area contributed by atoms with Gasteiger partial charge in [0.05, 0.1) is 6.61 Å². The SMILES string of the molecule is COCC(NC(=O)CCCNC(=O)c1ccsc1)C(=O)O. The van der Waals surface area contributed by atoms with Gasteiger partial charge < -0.3 is 20.5 Å². The molecule has 1 aromatic rings. The summed E-state index contributed by atoms with van der Waals surface area (Å²) in [5.74, 6) is -1.71. The van der Waals surface area contributed by atoms with E-state index in [4.69, 9.17) is 9.84 Å². The first kappa shape index (κ1) is 17.1. The molecule has 0 aliphatic carbocycles. The average Bonchev–Trinajstić information content (AvgIpc) is 2.97. The maximum Gasteiger partial charge on any atom is 0.328 e. The summed E-state index contributed by atoms with van der Waals surface area (Å²) >= 11 is 1.43. The van der Waals surface area contributed by atoms with Gasteiger partial charge in [-0.25, -0.2) is 4.79 Å². The number of hydrogen-bond acceptors (Lipinski definition) is 5. The van der Waals surface area contributed by atoms with E-state index in [1.54, 1.807) is 11.4 Å². The minimum absolute atomic E-state index is 0.0873. The summed E-state index contributed by atoms with van der Waals surface area (Å²) in [5.41, 5.74) is 0.593. The fraction of sp³-hybridized carbons (Fsp3) is 0.462. The van der Waals surface area contributed by atoms with Crippen LogP contribution in [0.5, 0.6) is 0 Å². The van der Waals surface area contributed by atoms with Gasteiger partial charge in [0.15, 0.2) is 6.04 Å². The number of amides is 2. The molecule has 0 aromatic carbocycles. The molecule has 21 heavy (non-hydrogen) atoms. The standard InChI is InChI=1S/C13H18N2O5S/c1-20-7-10(13(18)19)15-11(16)3-2-5-14-12(17)9-4-6-21-8-9/h4,6,8,10H,2-3,5,7H2,1H3,(H,14,17)(H,15,16)(H,18,19). The van der Waals surface area contributed by atoms with Crippen molar-refractivity contribution in [1.29, 1.82) is 0 Å². The molecular weight excluding hydrogens is 296 g/mol. The normalized spacial score (nSPS) is 11.7. The number of rotatable bonds is 9. The average molecular weight is 314 g/mol. The van der Waals surface area contributed by atoms with E-state index in [1.807, 2.05) is 5.38 Å². The molecule has 0 bridgehead atoms. The summed E-state index contributed by atoms with van der Waals surface area (Å²) in [5, 5.41) is 17.4. The van der Waals surface area contributed by atoms with Crippen LogP contribution in [0.4, 0.5) is 0 Å². The van der Waals surface area contributed by atoms with Crippen LogP contribution >= 0.6 is 11.3 Å². The molecule has 0 fully saturated rings. The van der Waals surface area contributed by atoms with Crippen molar-refractivity contribution >= 4 is 29.1 Å². The molecule has 116 valence electrons. The first-order valence-corrected chi connectivity index (χ1v) is 7.30. The summed E-state index contributed by atoms with van der Waals surface area (Å²) in [6, 6.07) is 0.664. The Kier molecular flexibility index (Phi) is 7.41. The quantitative estimate of drug-likeness (QED) is 0.575. The number of methoxy groups -OCH3 is 1. The van der Waals surface area contributed by atoms with Gasteiger partial charge in [-0.3, -0.25) is 9.59 Å². The Balaban J connectivity index is 2.21. The molecular formula is C13H18N2O5S. The number of nitrogens with one attached hydrogen (secondary N) is 2. The van der Waals surface area contributed by atoms with Gasteiger partial charge in [0.25, 0.3) is 5.91 Å². The van der Waals surface area contributed by atoms with Crippen LogP contribution in [-0.2, 0) is 14.3 Å². The lowest BCUT2D eigenvalue weighted by molar-refractivity contribution is -0.143. The van der Waals surface area contributed by atoms with E-state index >= 15 is 0 Å². The third-order valence-electron chi connectivity index (χ3n) is 2.62. The molecule has 0 aliphatic heterocycles. The van der Waals surface area contributed by atoms with Gasteiger partial charge in [0, 0.05) is 31.0 Å². The first-order chi connectivity index (χ1) is 10.0. The second kappa shape index (κ2) is 9.09. The Hall–Kier alpha value is -1.93. The van der Waals surface area contributed by atoms with Crippen molar-refractivity contribution in [2.24, 2.45) is 0 Å². The van der Waals surface area contributed by atoms with Crippen LogP contribution in [0.3, 0.4) is 0 Å². The number of hydrogen-bond donors (Lipinski definition) is 3. The second-order valence-corrected chi connectivity index (χ2v) is 5.07. The molecule has 2 amide bonds. The van der Waals surface area contributed by atoms with Gasteiger partial charge in [0.2, 0.25) is 5.91 Å². The summed E-state index contributed by atoms with van der Waals surface area (Å²) in [4.78, 5) is 34.0. The molecule has 0 saturated carbocycles. The largest absolute Gasteiger partial charge is 0.480 e. The molecule has 1 heterocycles. The molecule has 0 saturated heterocycles. The lowest BCUT2D eigenvalue weighted by Crippen LogP contribution is -2.43. The minimum atomic E-state index is -1.14. The van der Waals surface area contributed by atoms with E-state index in [2.05, 4.69) is 10.6 Å². The minimum Gasteiger partial charge on any atom is -0.480 e. The number of carboxylic acid groups (broad SMARTS) is 1. The van der Waals surface area contributed by atoms with Crippen molar-refractivity contribution < 1.29 is 24.2 Å². The van der Waals surface area contributed by atoms with E-state index in [-0.39, 0.29) is 24.8 Å². The maximum absolute atomic E-state index is 11.6. The summed E-state index contributed by atoms with van der Waals surface area (Å²) in [6.45, 7) is 0.264. The summed E-state index contributed by atoms with van der Waals surface area (Å²) < 4.78 is 4.71. The number of carbonyl (C=O) groups is 3. The predicted molar refractivity (Wildman–Crippen MR) is 77.3 cm³/mol. The Morgan fingerprint density at radius 2 is 2.19 bits per heavy atom. The third-order valence-corrected chi connectivity index (χ3v) is 3.30. The number of carboxylic acids is 1. The Morgan fingerprint density at radius 1 is 1.43 bits per heavy atom. The van der Waals surface area contributed by atoms with Gasteiger partial charge >= 0.3 is 5.97 Å². The molecule has 0 aliphatic rings. The highest BCUT2D eigenvalue weighted by Crippen LogP contribution is 2.05. The van der Waals surface area contributed by atoms with Gasteiger partial charge in [0.1, 0.15) is 0 Å². The smallest absolute Gasteiger partial charge is 0.328 e. The number of aliphatic carboxylic acids is 1. The maximum atomic E-state index is 11.6. The zero-order valence-electron chi connectivity index (χ0n) is 11.6. The Morgan fingerprint density at radius 3 is 2.76 bits per heavy atom. The van der Waals surface area contributed by atoms with Crippen LogP contribution in [0.25, 0.3) is 0 Å². The fourth-order valence-electron chi connectivity index (χ4n) is 1.55. The molecule has 1 aromatic heterocycles. The molecule has 3 N–H and O–H groups in total. The Labute approximate surface area is 126 Å². The molecule has 8 heteroatoms. The first-order valence-electron chi connectivity index (χ1n) is 6.36. The molecule has 0 radical (unpaired) electrons. The zero-order chi connectivity index (χ0) is 15.7. The highest BCUT2D eigenvalue weighted by molar-refractivity contribution is 7.08. The van der Waals surface area contributed by atoms with Crippen LogP contribution < -0.4 is 10.6 Å². The molecule has 1 rings (SSSR count). The van der Waals surface area contributed by atoms with E-state index in [9.17, 15) is 14.4 Å². The van der Waals surface area contributed by atoms with Crippen molar-refractivity contribution in [2.75, 3.05) is 20.3 Å². The van der Waals surface area contributed by atoms with Crippen molar-refractivity contribution in [1.82, 2.24) is 10.6 Å². The topological polar surface area (TPSA) is 105 Å². The fourth-order valence-corrected chi connectivity index (χ4v) is 2.19. The molecule has 0 spiro atoms. The molecule has 1 unspecified atom stereocenters. The van der Waals surface area contributed by atoms with Crippen molar-refractivity contribution in [3.05, 3.63) is 22.4 Å². The number of ether oxygens (including phenoxy) is 1. The number of thiophene rings is 1. The van der Waals surface area contributed by atoms with E-state index in [1.165, 1.54) is 18.4 Å². The van der Waals surface area contributed by atoms with Gasteiger partial charge in [-0.2, -0.15) is 11.3 Å². The lowest BCUT2D eigenvalue weighted by Gasteiger charge is -2.13. The molecule has 7 nitrogen and oxygen atoms in total. The van der Waals surface area contributed by atoms with Crippen LogP contribution in [0.2, 0.25) is 0 Å². The van der Waals surface area contributed by atoms with Crippen LogP contribution in [-0.4, -0.2) is 49.2 Å². The van der Waals surface area contributed by atoms with Gasteiger partial charge in [-0.05, 0) is 17.9 Å². The van der Waals surface area contributed by atoms with Crippen molar-refractivity contribution in [2.45, 2.75) is 18.9 Å². The third kappa shape index (κ3) is 6.37. The summed E-state index contributed by atoms with van der Waals surface area (Å²) in [7, 11) is 1.36. The molecule has 1 atom stereocenters. The Bertz CT molecular complexity index is 475. The summed E-state index contributed by atoms with van der Waals surface area (Å²) in [6.07, 6.45) is 0.568. The van der Waals surface area contributed by atoms with E-state index < -0.39 is 12.0 Å². The van der Waals surface area contributed by atoms with E-state index in [0.29, 0.717) is 18.5 Å². The van der Waals surface area contributed by atoms with Crippen molar-refractivity contribution in [3.8, 4) is 0 Å². The van der Waals surface area contributed by atoms with E-state index in [0.717, 1.165) is 0 Å². The predicted octanol–water partition coefficient (Wildman–Crippen LogP) is 0.474. The lowest BCUT2D eigenvalue weighted by atomic mass is 10.2. The van der Waals surface area contributed by atoms with Crippen LogP contribution in [0.1, 0.15) is 23.2 Å². The van der Waals surface area contributed by atoms with Gasteiger partial charge in [-0.15, -0.1) is 0 Å². The van der Waals surface area contributed by atoms with Gasteiger partial charge in [-0.1, -0.05) is 0 Å². The second-order valence-electron chi connectivity index (χ2n) is 4.29. The number of carbonyl (C=O) groups excluding carboxylic acids is 2. The monoisotopic (exact) mass is 314 g/mol. The highest BCUT2D eigenvalue weighted by Gasteiger charge is 2.19. The zero-order valence-corrected chi connectivity index (χ0v) is 12.4. The highest BCUT2D eigenvalue weighted by atomic mass is 32.1.